The van der Waals surface area contributed by atoms with E-state index < -0.39 is 18.3 Å². The Kier molecular flexibility index (Phi) is 5.04. The zero-order valence-electron chi connectivity index (χ0n) is 18.0. The van der Waals surface area contributed by atoms with Crippen molar-refractivity contribution in [2.45, 2.75) is 69.0 Å². The minimum atomic E-state index is -0.664. The van der Waals surface area contributed by atoms with Crippen molar-refractivity contribution in [3.63, 3.8) is 0 Å². The number of ether oxygens (including phenoxy) is 5. The van der Waals surface area contributed by atoms with Gasteiger partial charge in [0.25, 0.3) is 0 Å². The Balaban J connectivity index is 1.28. The second kappa shape index (κ2) is 7.93. The average Bonchev–Trinajstić information content (AvgIpc) is 3.31. The van der Waals surface area contributed by atoms with Crippen molar-refractivity contribution in [2.24, 2.45) is 0 Å². The summed E-state index contributed by atoms with van der Waals surface area (Å²) in [5.74, 6) is 0.0713. The fourth-order valence-corrected chi connectivity index (χ4v) is 5.37. The van der Waals surface area contributed by atoms with Crippen LogP contribution in [0.2, 0.25) is 0 Å². The van der Waals surface area contributed by atoms with E-state index in [1.54, 1.807) is 0 Å². The van der Waals surface area contributed by atoms with Crippen LogP contribution < -0.4 is 0 Å². The lowest BCUT2D eigenvalue weighted by Gasteiger charge is -2.47. The Morgan fingerprint density at radius 2 is 1.78 bits per heavy atom. The van der Waals surface area contributed by atoms with E-state index in [-0.39, 0.29) is 30.3 Å². The second-order valence-corrected chi connectivity index (χ2v) is 9.03. The van der Waals surface area contributed by atoms with Crippen molar-refractivity contribution in [3.05, 3.63) is 71.8 Å². The number of fused-ring (bicyclic) bond motifs is 5. The fraction of sp³-hybridized carbons (Fsp3) is 0.480. The van der Waals surface area contributed by atoms with Gasteiger partial charge in [0.1, 0.15) is 30.1 Å². The summed E-state index contributed by atoms with van der Waals surface area (Å²) in [6.45, 7) is 2.74. The summed E-state index contributed by atoms with van der Waals surface area (Å²) in [6.07, 6.45) is -1.03. The highest BCUT2D eigenvalue weighted by Crippen LogP contribution is 2.48. The molecule has 168 valence electrons. The van der Waals surface area contributed by atoms with E-state index in [0.717, 1.165) is 11.1 Å². The molecule has 4 saturated heterocycles. The summed E-state index contributed by atoms with van der Waals surface area (Å²) in [5, 5.41) is 0. The Morgan fingerprint density at radius 1 is 1.03 bits per heavy atom. The number of amides is 1. The molecule has 4 fully saturated rings. The number of carbonyl (C=O) groups is 1. The topological polar surface area (TPSA) is 66.5 Å². The molecule has 2 aromatic rings. The van der Waals surface area contributed by atoms with E-state index in [0.29, 0.717) is 26.1 Å². The van der Waals surface area contributed by atoms with Crippen LogP contribution in [0.15, 0.2) is 60.7 Å². The standard InChI is InChI=1S/C25H27NO6/c1-25-13-12-19(27)26(25)20-22(32-25)21-18(15-29-23(31-21)17-10-6-3-7-11-17)30-24(20)28-14-16-8-4-2-5-9-16/h2-11,18,20-24H,12-15H2,1H3/t18-,20-,21-,22+,23?,24-,25-/m1/s1. The molecule has 7 atom stereocenters. The molecule has 7 nitrogen and oxygen atoms in total. The van der Waals surface area contributed by atoms with Crippen LogP contribution in [-0.2, 0) is 35.1 Å². The molecule has 7 heteroatoms. The molecule has 0 radical (unpaired) electrons. The molecule has 2 aromatic carbocycles. The molecule has 4 aliphatic heterocycles. The maximum atomic E-state index is 12.9. The predicted molar refractivity (Wildman–Crippen MR) is 113 cm³/mol. The molecule has 1 unspecified atom stereocenters. The summed E-state index contributed by atoms with van der Waals surface area (Å²) in [6, 6.07) is 19.4. The Hall–Kier alpha value is -2.29. The van der Waals surface area contributed by atoms with Gasteiger partial charge < -0.3 is 28.6 Å². The zero-order valence-corrected chi connectivity index (χ0v) is 18.0. The molecular weight excluding hydrogens is 410 g/mol. The first-order chi connectivity index (χ1) is 15.6. The molecule has 4 heterocycles. The molecule has 0 spiro atoms. The van der Waals surface area contributed by atoms with Crippen molar-refractivity contribution < 1.29 is 28.5 Å². The van der Waals surface area contributed by atoms with Crippen LogP contribution in [-0.4, -0.2) is 53.8 Å². The van der Waals surface area contributed by atoms with E-state index in [9.17, 15) is 4.79 Å². The van der Waals surface area contributed by atoms with Crippen molar-refractivity contribution >= 4 is 5.91 Å². The van der Waals surface area contributed by atoms with Gasteiger partial charge in [0.05, 0.1) is 13.2 Å². The monoisotopic (exact) mass is 437 g/mol. The summed E-state index contributed by atoms with van der Waals surface area (Å²) in [4.78, 5) is 14.7. The van der Waals surface area contributed by atoms with Crippen molar-refractivity contribution in [1.82, 2.24) is 4.90 Å². The molecule has 32 heavy (non-hydrogen) atoms. The SMILES string of the molecule is C[C@@]12CCC(=O)N1[C@H]1[C@H](OCc3ccccc3)O[C@@H]3COC(c4ccccc4)O[C@H]3[C@H]1O2. The van der Waals surface area contributed by atoms with Gasteiger partial charge in [-0.1, -0.05) is 60.7 Å². The van der Waals surface area contributed by atoms with Crippen molar-refractivity contribution in [3.8, 4) is 0 Å². The molecule has 6 rings (SSSR count). The summed E-state index contributed by atoms with van der Waals surface area (Å²) < 4.78 is 31.5. The number of carbonyl (C=O) groups excluding carboxylic acids is 1. The summed E-state index contributed by atoms with van der Waals surface area (Å²) in [5.41, 5.74) is 1.33. The van der Waals surface area contributed by atoms with Crippen LogP contribution in [0.4, 0.5) is 0 Å². The normalized spacial score (nSPS) is 38.3. The molecule has 0 aliphatic carbocycles. The van der Waals surface area contributed by atoms with E-state index in [1.807, 2.05) is 72.5 Å². The van der Waals surface area contributed by atoms with Gasteiger partial charge in [0.15, 0.2) is 12.6 Å². The van der Waals surface area contributed by atoms with Gasteiger partial charge in [-0.2, -0.15) is 0 Å². The first-order valence-corrected chi connectivity index (χ1v) is 11.3. The minimum Gasteiger partial charge on any atom is -0.347 e. The fourth-order valence-electron chi connectivity index (χ4n) is 5.37. The molecular formula is C25H27NO6. The number of hydrogen-bond acceptors (Lipinski definition) is 6. The number of rotatable bonds is 4. The molecule has 0 saturated carbocycles. The second-order valence-electron chi connectivity index (χ2n) is 9.03. The summed E-state index contributed by atoms with van der Waals surface area (Å²) >= 11 is 0. The number of nitrogens with zero attached hydrogens (tertiary/aromatic N) is 1. The largest absolute Gasteiger partial charge is 0.347 e. The smallest absolute Gasteiger partial charge is 0.225 e. The first-order valence-electron chi connectivity index (χ1n) is 11.3. The molecule has 0 aromatic heterocycles. The Bertz CT molecular complexity index is 971. The van der Waals surface area contributed by atoms with Crippen molar-refractivity contribution in [2.75, 3.05) is 6.61 Å². The van der Waals surface area contributed by atoms with E-state index in [4.69, 9.17) is 23.7 Å². The third-order valence-corrected chi connectivity index (χ3v) is 6.91. The van der Waals surface area contributed by atoms with Gasteiger partial charge in [-0.25, -0.2) is 0 Å². The highest BCUT2D eigenvalue weighted by atomic mass is 16.8. The van der Waals surface area contributed by atoms with Gasteiger partial charge >= 0.3 is 0 Å². The lowest BCUT2D eigenvalue weighted by molar-refractivity contribution is -0.344. The number of hydrogen-bond donors (Lipinski definition) is 0. The predicted octanol–water partition coefficient (Wildman–Crippen LogP) is 3.15. The van der Waals surface area contributed by atoms with Crippen LogP contribution in [0.3, 0.4) is 0 Å². The van der Waals surface area contributed by atoms with Gasteiger partial charge in [-0.15, -0.1) is 0 Å². The molecule has 0 bridgehead atoms. The highest BCUT2D eigenvalue weighted by Gasteiger charge is 2.65. The van der Waals surface area contributed by atoms with Crippen LogP contribution in [0.5, 0.6) is 0 Å². The maximum Gasteiger partial charge on any atom is 0.225 e. The van der Waals surface area contributed by atoms with Crippen LogP contribution >= 0.6 is 0 Å². The third kappa shape index (κ3) is 3.36. The van der Waals surface area contributed by atoms with E-state index in [1.165, 1.54) is 0 Å². The highest BCUT2D eigenvalue weighted by molar-refractivity contribution is 5.80. The van der Waals surface area contributed by atoms with Gasteiger partial charge in [-0.05, 0) is 12.5 Å². The molecule has 0 N–H and O–H groups in total. The minimum absolute atomic E-state index is 0.0713. The summed E-state index contributed by atoms with van der Waals surface area (Å²) in [7, 11) is 0. The Labute approximate surface area is 187 Å². The third-order valence-electron chi connectivity index (χ3n) is 6.91. The van der Waals surface area contributed by atoms with Crippen molar-refractivity contribution in [1.29, 1.82) is 0 Å². The van der Waals surface area contributed by atoms with Gasteiger partial charge in [0, 0.05) is 18.4 Å². The lowest BCUT2D eigenvalue weighted by Crippen LogP contribution is -2.64. The average molecular weight is 437 g/mol. The quantitative estimate of drug-likeness (QED) is 0.732. The van der Waals surface area contributed by atoms with Gasteiger partial charge in [-0.3, -0.25) is 4.79 Å². The lowest BCUT2D eigenvalue weighted by atomic mass is 9.95. The van der Waals surface area contributed by atoms with E-state index >= 15 is 0 Å². The van der Waals surface area contributed by atoms with Crippen LogP contribution in [0, 0.1) is 0 Å². The molecule has 1 amide bonds. The number of benzene rings is 2. The van der Waals surface area contributed by atoms with Crippen LogP contribution in [0.1, 0.15) is 37.2 Å². The Morgan fingerprint density at radius 3 is 2.56 bits per heavy atom. The zero-order chi connectivity index (χ0) is 21.7. The van der Waals surface area contributed by atoms with Gasteiger partial charge in [0.2, 0.25) is 5.91 Å². The van der Waals surface area contributed by atoms with E-state index in [2.05, 4.69) is 0 Å². The first kappa shape index (κ1) is 20.3. The van der Waals surface area contributed by atoms with Crippen LogP contribution in [0.25, 0.3) is 0 Å². The maximum absolute atomic E-state index is 12.9. The molecule has 4 aliphatic rings.